The van der Waals surface area contributed by atoms with Crippen LogP contribution in [0.15, 0.2) is 18.2 Å². The van der Waals surface area contributed by atoms with E-state index in [0.717, 1.165) is 12.0 Å². The molecule has 5 nitrogen and oxygen atoms in total. The van der Waals surface area contributed by atoms with Gasteiger partial charge in [-0.3, -0.25) is 0 Å². The molecule has 128 valence electrons. The Morgan fingerprint density at radius 2 is 2.35 bits per heavy atom. The Morgan fingerprint density at radius 1 is 1.57 bits per heavy atom. The highest BCUT2D eigenvalue weighted by molar-refractivity contribution is 5.74. The van der Waals surface area contributed by atoms with Gasteiger partial charge in [-0.1, -0.05) is 12.1 Å². The Kier molecular flexibility index (Phi) is 6.36. The highest BCUT2D eigenvalue weighted by Crippen LogP contribution is 2.24. The second-order valence-electron chi connectivity index (χ2n) is 5.95. The molecule has 1 N–H and O–H groups in total. The molecule has 1 aliphatic rings. The van der Waals surface area contributed by atoms with Gasteiger partial charge in [0, 0.05) is 26.3 Å². The van der Waals surface area contributed by atoms with Crippen molar-refractivity contribution in [3.8, 4) is 0 Å². The van der Waals surface area contributed by atoms with E-state index in [4.69, 9.17) is 9.47 Å². The quantitative estimate of drug-likeness (QED) is 0.906. The van der Waals surface area contributed by atoms with Crippen LogP contribution in [0.25, 0.3) is 0 Å². The highest BCUT2D eigenvalue weighted by atomic mass is 19.1. The fourth-order valence-electron chi connectivity index (χ4n) is 2.57. The molecule has 23 heavy (non-hydrogen) atoms. The zero-order valence-electron chi connectivity index (χ0n) is 14.0. The largest absolute Gasteiger partial charge is 0.385 e. The molecule has 1 fully saturated rings. The van der Waals surface area contributed by atoms with Crippen LogP contribution >= 0.6 is 0 Å². The summed E-state index contributed by atoms with van der Waals surface area (Å²) in [6.45, 7) is 5.79. The van der Waals surface area contributed by atoms with Crippen molar-refractivity contribution in [2.45, 2.75) is 32.4 Å². The molecule has 1 heterocycles. The van der Waals surface area contributed by atoms with Crippen molar-refractivity contribution in [1.82, 2.24) is 10.2 Å². The molecule has 2 rings (SSSR count). The molecule has 0 aromatic heterocycles. The van der Waals surface area contributed by atoms with Crippen molar-refractivity contribution in [3.05, 3.63) is 35.1 Å². The predicted molar refractivity (Wildman–Crippen MR) is 85.9 cm³/mol. The first-order valence-electron chi connectivity index (χ1n) is 7.93. The number of amides is 2. The number of benzene rings is 1. The van der Waals surface area contributed by atoms with Crippen molar-refractivity contribution < 1.29 is 18.7 Å². The van der Waals surface area contributed by atoms with E-state index in [1.165, 1.54) is 6.07 Å². The Labute approximate surface area is 136 Å². The molecule has 1 saturated heterocycles. The van der Waals surface area contributed by atoms with E-state index in [-0.39, 0.29) is 24.0 Å². The van der Waals surface area contributed by atoms with Crippen LogP contribution in [0, 0.1) is 12.7 Å². The molecule has 2 amide bonds. The monoisotopic (exact) mass is 324 g/mol. The van der Waals surface area contributed by atoms with Gasteiger partial charge < -0.3 is 19.7 Å². The molecule has 0 bridgehead atoms. The van der Waals surface area contributed by atoms with Crippen molar-refractivity contribution in [1.29, 1.82) is 0 Å². The third kappa shape index (κ3) is 4.91. The molecule has 6 heteroatoms. The lowest BCUT2D eigenvalue weighted by atomic mass is 10.0. The summed E-state index contributed by atoms with van der Waals surface area (Å²) in [6, 6.07) is 4.90. The van der Waals surface area contributed by atoms with Gasteiger partial charge in [0.1, 0.15) is 11.9 Å². The molecule has 1 aromatic carbocycles. The molecule has 0 saturated carbocycles. The van der Waals surface area contributed by atoms with Crippen LogP contribution in [-0.2, 0) is 9.47 Å². The number of halogens is 1. The molecule has 0 aliphatic carbocycles. The van der Waals surface area contributed by atoms with Crippen molar-refractivity contribution >= 4 is 6.03 Å². The Morgan fingerprint density at radius 3 is 3.04 bits per heavy atom. The van der Waals surface area contributed by atoms with Gasteiger partial charge in [0.05, 0.1) is 13.2 Å². The van der Waals surface area contributed by atoms with E-state index in [0.29, 0.717) is 31.9 Å². The van der Waals surface area contributed by atoms with Gasteiger partial charge in [0.15, 0.2) is 0 Å². The minimum absolute atomic E-state index is 0.0526. The summed E-state index contributed by atoms with van der Waals surface area (Å²) in [6.07, 6.45) is 0.552. The standard InChI is InChI=1S/C17H25FN2O3/c1-12-10-14(4-5-15(12)18)16-11-20(7-9-23-16)17(21)19-13(2)6-8-22-3/h4-5,10,13,16H,6-9,11H2,1-3H3,(H,19,21)/t13-,16+/m0/s1. The van der Waals surface area contributed by atoms with Crippen LogP contribution in [-0.4, -0.2) is 50.4 Å². The maximum atomic E-state index is 13.4. The number of hydrogen-bond donors (Lipinski definition) is 1. The van der Waals surface area contributed by atoms with Gasteiger partial charge in [-0.05, 0) is 37.5 Å². The number of aryl methyl sites for hydroxylation is 1. The lowest BCUT2D eigenvalue weighted by molar-refractivity contribution is -0.0158. The van der Waals surface area contributed by atoms with Gasteiger partial charge in [0.25, 0.3) is 0 Å². The first kappa shape index (κ1) is 17.7. The maximum Gasteiger partial charge on any atom is 0.317 e. The Hall–Kier alpha value is -1.66. The van der Waals surface area contributed by atoms with Crippen LogP contribution in [0.5, 0.6) is 0 Å². The summed E-state index contributed by atoms with van der Waals surface area (Å²) in [5, 5.41) is 2.97. The van der Waals surface area contributed by atoms with Crippen LogP contribution in [0.4, 0.5) is 9.18 Å². The summed E-state index contributed by atoms with van der Waals surface area (Å²) in [4.78, 5) is 14.1. The minimum Gasteiger partial charge on any atom is -0.385 e. The van der Waals surface area contributed by atoms with Crippen LogP contribution in [0.1, 0.15) is 30.6 Å². The van der Waals surface area contributed by atoms with Gasteiger partial charge in [-0.25, -0.2) is 9.18 Å². The number of morpholine rings is 1. The topological polar surface area (TPSA) is 50.8 Å². The molecule has 0 spiro atoms. The second-order valence-corrected chi connectivity index (χ2v) is 5.95. The number of hydrogen-bond acceptors (Lipinski definition) is 3. The summed E-state index contributed by atoms with van der Waals surface area (Å²) in [5.74, 6) is -0.230. The van der Waals surface area contributed by atoms with E-state index >= 15 is 0 Å². The maximum absolute atomic E-state index is 13.4. The number of ether oxygens (including phenoxy) is 2. The molecule has 1 aromatic rings. The number of nitrogens with zero attached hydrogens (tertiary/aromatic N) is 1. The fraction of sp³-hybridized carbons (Fsp3) is 0.588. The van der Waals surface area contributed by atoms with E-state index in [1.54, 1.807) is 31.1 Å². The number of carbonyl (C=O) groups excluding carboxylic acids is 1. The van der Waals surface area contributed by atoms with Crippen molar-refractivity contribution in [3.63, 3.8) is 0 Å². The zero-order chi connectivity index (χ0) is 16.8. The lowest BCUT2D eigenvalue weighted by Gasteiger charge is -2.34. The van der Waals surface area contributed by atoms with Gasteiger partial charge in [0.2, 0.25) is 0 Å². The number of methoxy groups -OCH3 is 1. The molecule has 0 unspecified atom stereocenters. The number of rotatable bonds is 5. The van der Waals surface area contributed by atoms with E-state index in [9.17, 15) is 9.18 Å². The summed E-state index contributed by atoms with van der Waals surface area (Å²) < 4.78 is 24.2. The van der Waals surface area contributed by atoms with Crippen LogP contribution < -0.4 is 5.32 Å². The van der Waals surface area contributed by atoms with Crippen molar-refractivity contribution in [2.75, 3.05) is 33.4 Å². The average Bonchev–Trinajstić information content (AvgIpc) is 2.55. The first-order chi connectivity index (χ1) is 11.0. The average molecular weight is 324 g/mol. The number of carbonyl (C=O) groups is 1. The Bertz CT molecular complexity index is 539. The summed E-state index contributed by atoms with van der Waals surface area (Å²) >= 11 is 0. The number of nitrogens with one attached hydrogen (secondary N) is 1. The van der Waals surface area contributed by atoms with E-state index in [2.05, 4.69) is 5.32 Å². The lowest BCUT2D eigenvalue weighted by Crippen LogP contribution is -2.49. The zero-order valence-corrected chi connectivity index (χ0v) is 14.0. The van der Waals surface area contributed by atoms with Crippen LogP contribution in [0.3, 0.4) is 0 Å². The van der Waals surface area contributed by atoms with E-state index < -0.39 is 0 Å². The van der Waals surface area contributed by atoms with Gasteiger partial charge >= 0.3 is 6.03 Å². The Balaban J connectivity index is 1.94. The minimum atomic E-state index is -0.230. The number of urea groups is 1. The van der Waals surface area contributed by atoms with Gasteiger partial charge in [-0.15, -0.1) is 0 Å². The molecule has 2 atom stereocenters. The molecular formula is C17H25FN2O3. The molecule has 1 aliphatic heterocycles. The summed E-state index contributed by atoms with van der Waals surface area (Å²) in [5.41, 5.74) is 1.48. The third-order valence-electron chi connectivity index (χ3n) is 4.03. The highest BCUT2D eigenvalue weighted by Gasteiger charge is 2.26. The second kappa shape index (κ2) is 8.26. The predicted octanol–water partition coefficient (Wildman–Crippen LogP) is 2.64. The SMILES string of the molecule is COCC[C@H](C)NC(=O)N1CCO[C@@H](c2ccc(F)c(C)c2)C1. The molecular weight excluding hydrogens is 299 g/mol. The summed E-state index contributed by atoms with van der Waals surface area (Å²) in [7, 11) is 1.64. The van der Waals surface area contributed by atoms with Gasteiger partial charge in [-0.2, -0.15) is 0 Å². The normalized spacial score (nSPS) is 19.5. The van der Waals surface area contributed by atoms with Crippen LogP contribution in [0.2, 0.25) is 0 Å². The fourth-order valence-corrected chi connectivity index (χ4v) is 2.57. The van der Waals surface area contributed by atoms with Crippen molar-refractivity contribution in [2.24, 2.45) is 0 Å². The smallest absolute Gasteiger partial charge is 0.317 e. The molecule has 0 radical (unpaired) electrons. The van der Waals surface area contributed by atoms with E-state index in [1.807, 2.05) is 6.92 Å². The third-order valence-corrected chi connectivity index (χ3v) is 4.03. The first-order valence-corrected chi connectivity index (χ1v) is 7.93.